The molecule has 0 aliphatic rings. The van der Waals surface area contributed by atoms with Gasteiger partial charge in [0.25, 0.3) is 0 Å². The van der Waals surface area contributed by atoms with Crippen LogP contribution >= 0.6 is 0 Å². The first-order valence-electron chi connectivity index (χ1n) is 5.04. The molecule has 0 fully saturated rings. The fourth-order valence-electron chi connectivity index (χ4n) is 1.18. The van der Waals surface area contributed by atoms with Crippen molar-refractivity contribution in [2.75, 3.05) is 33.2 Å². The van der Waals surface area contributed by atoms with E-state index in [1.54, 1.807) is 12.7 Å². The largest absolute Gasteiger partial charge is 0.316 e. The first-order chi connectivity index (χ1) is 6.83. The minimum Gasteiger partial charge on any atom is -0.316 e. The van der Waals surface area contributed by atoms with E-state index in [0.717, 1.165) is 32.7 Å². The highest BCUT2D eigenvalue weighted by Gasteiger charge is 1.98. The molecule has 0 bridgehead atoms. The topological polar surface area (TPSA) is 46.0 Å². The average Bonchev–Trinajstić information content (AvgIpc) is 2.68. The molecule has 0 aliphatic carbocycles. The van der Waals surface area contributed by atoms with Crippen LogP contribution in [-0.2, 0) is 6.54 Å². The number of hydrogen-bond acceptors (Lipinski definition) is 4. The van der Waals surface area contributed by atoms with Crippen LogP contribution in [0.25, 0.3) is 0 Å². The molecular weight excluding hydrogens is 178 g/mol. The maximum absolute atomic E-state index is 4.05. The van der Waals surface area contributed by atoms with Gasteiger partial charge in [-0.1, -0.05) is 6.92 Å². The van der Waals surface area contributed by atoms with Gasteiger partial charge in [0.15, 0.2) is 0 Å². The fourth-order valence-corrected chi connectivity index (χ4v) is 1.18. The van der Waals surface area contributed by atoms with E-state index in [2.05, 4.69) is 34.3 Å². The number of rotatable bonds is 7. The van der Waals surface area contributed by atoms with E-state index in [0.29, 0.717) is 0 Å². The van der Waals surface area contributed by atoms with Crippen molar-refractivity contribution in [3.8, 4) is 0 Å². The Balaban J connectivity index is 2.06. The lowest BCUT2D eigenvalue weighted by Gasteiger charge is -2.16. The first kappa shape index (κ1) is 11.1. The van der Waals surface area contributed by atoms with Crippen LogP contribution in [0.3, 0.4) is 0 Å². The second kappa shape index (κ2) is 6.50. The highest BCUT2D eigenvalue weighted by Crippen LogP contribution is 1.85. The van der Waals surface area contributed by atoms with E-state index < -0.39 is 0 Å². The highest BCUT2D eigenvalue weighted by atomic mass is 15.3. The quantitative estimate of drug-likeness (QED) is 0.616. The van der Waals surface area contributed by atoms with Gasteiger partial charge in [0.05, 0.1) is 6.54 Å². The van der Waals surface area contributed by atoms with Gasteiger partial charge < -0.3 is 10.2 Å². The zero-order chi connectivity index (χ0) is 10.2. The van der Waals surface area contributed by atoms with Crippen LogP contribution in [-0.4, -0.2) is 52.9 Å². The van der Waals surface area contributed by atoms with Crippen molar-refractivity contribution in [1.82, 2.24) is 25.0 Å². The molecule has 0 radical (unpaired) electrons. The molecule has 0 unspecified atom stereocenters. The minimum absolute atomic E-state index is 0.905. The highest BCUT2D eigenvalue weighted by molar-refractivity contribution is 4.59. The number of nitrogens with zero attached hydrogens (tertiary/aromatic N) is 4. The summed E-state index contributed by atoms with van der Waals surface area (Å²) in [5.74, 6) is 0. The van der Waals surface area contributed by atoms with Crippen molar-refractivity contribution in [3.05, 3.63) is 12.7 Å². The molecule has 5 heteroatoms. The predicted molar refractivity (Wildman–Crippen MR) is 56.1 cm³/mol. The lowest BCUT2D eigenvalue weighted by molar-refractivity contribution is 0.311. The average molecular weight is 197 g/mol. The van der Waals surface area contributed by atoms with E-state index in [-0.39, 0.29) is 0 Å². The number of likely N-dealkylation sites (N-methyl/N-ethyl adjacent to an activating group) is 2. The van der Waals surface area contributed by atoms with E-state index in [1.807, 2.05) is 4.68 Å². The minimum atomic E-state index is 0.905. The van der Waals surface area contributed by atoms with Crippen molar-refractivity contribution in [2.24, 2.45) is 0 Å². The fraction of sp³-hybridized carbons (Fsp3) is 0.778. The van der Waals surface area contributed by atoms with Crippen LogP contribution in [0.15, 0.2) is 12.7 Å². The lowest BCUT2D eigenvalue weighted by Crippen LogP contribution is -2.31. The molecule has 1 heterocycles. The Morgan fingerprint density at radius 2 is 2.29 bits per heavy atom. The van der Waals surface area contributed by atoms with Crippen molar-refractivity contribution in [3.63, 3.8) is 0 Å². The van der Waals surface area contributed by atoms with Crippen LogP contribution in [0, 0.1) is 0 Å². The Labute approximate surface area is 85.1 Å². The Hall–Kier alpha value is -0.940. The SMILES string of the molecule is CCNCCN(C)CCn1cncn1. The summed E-state index contributed by atoms with van der Waals surface area (Å²) in [5.41, 5.74) is 0. The Morgan fingerprint density at radius 1 is 1.43 bits per heavy atom. The standard InChI is InChI=1S/C9H19N5/c1-3-10-4-5-13(2)6-7-14-9-11-8-12-14/h8-10H,3-7H2,1-2H3. The molecule has 14 heavy (non-hydrogen) atoms. The van der Waals surface area contributed by atoms with Crippen LogP contribution in [0.4, 0.5) is 0 Å². The molecule has 0 amide bonds. The van der Waals surface area contributed by atoms with Gasteiger partial charge >= 0.3 is 0 Å². The molecule has 0 spiro atoms. The number of nitrogens with one attached hydrogen (secondary N) is 1. The summed E-state index contributed by atoms with van der Waals surface area (Å²) in [4.78, 5) is 6.18. The molecule has 5 nitrogen and oxygen atoms in total. The van der Waals surface area contributed by atoms with Crippen LogP contribution in [0.2, 0.25) is 0 Å². The summed E-state index contributed by atoms with van der Waals surface area (Å²) in [7, 11) is 2.12. The summed E-state index contributed by atoms with van der Waals surface area (Å²) in [6.07, 6.45) is 3.32. The second-order valence-electron chi connectivity index (χ2n) is 3.32. The molecule has 80 valence electrons. The molecule has 0 atom stereocenters. The lowest BCUT2D eigenvalue weighted by atomic mass is 10.5. The van der Waals surface area contributed by atoms with Gasteiger partial charge in [0.2, 0.25) is 0 Å². The molecule has 0 saturated carbocycles. The maximum atomic E-state index is 4.05. The third kappa shape index (κ3) is 4.34. The van der Waals surface area contributed by atoms with E-state index >= 15 is 0 Å². The normalized spacial score (nSPS) is 11.1. The Morgan fingerprint density at radius 3 is 2.93 bits per heavy atom. The third-order valence-electron chi connectivity index (χ3n) is 2.10. The molecule has 0 saturated heterocycles. The first-order valence-corrected chi connectivity index (χ1v) is 5.04. The van der Waals surface area contributed by atoms with Gasteiger partial charge in [-0.2, -0.15) is 5.10 Å². The van der Waals surface area contributed by atoms with Crippen molar-refractivity contribution in [1.29, 1.82) is 0 Å². The third-order valence-corrected chi connectivity index (χ3v) is 2.10. The maximum Gasteiger partial charge on any atom is 0.137 e. The van der Waals surface area contributed by atoms with Gasteiger partial charge in [-0.25, -0.2) is 4.98 Å². The molecule has 1 aromatic rings. The second-order valence-corrected chi connectivity index (χ2v) is 3.32. The van der Waals surface area contributed by atoms with Gasteiger partial charge in [-0.05, 0) is 13.6 Å². The van der Waals surface area contributed by atoms with Crippen LogP contribution in [0.1, 0.15) is 6.92 Å². The summed E-state index contributed by atoms with van der Waals surface area (Å²) in [5, 5.41) is 7.34. The molecule has 1 N–H and O–H groups in total. The van der Waals surface area contributed by atoms with Gasteiger partial charge in [0, 0.05) is 19.6 Å². The van der Waals surface area contributed by atoms with Gasteiger partial charge in [-0.15, -0.1) is 0 Å². The summed E-state index contributed by atoms with van der Waals surface area (Å²) in [6, 6.07) is 0. The molecular formula is C9H19N5. The van der Waals surface area contributed by atoms with Crippen LogP contribution in [0.5, 0.6) is 0 Å². The van der Waals surface area contributed by atoms with Gasteiger partial charge in [-0.3, -0.25) is 4.68 Å². The van der Waals surface area contributed by atoms with E-state index in [9.17, 15) is 0 Å². The molecule has 0 aromatic carbocycles. The summed E-state index contributed by atoms with van der Waals surface area (Å²) in [6.45, 7) is 7.19. The zero-order valence-corrected chi connectivity index (χ0v) is 8.98. The monoisotopic (exact) mass is 197 g/mol. The van der Waals surface area contributed by atoms with Crippen LogP contribution < -0.4 is 5.32 Å². The molecule has 1 rings (SSSR count). The predicted octanol–water partition coefficient (Wildman–Crippen LogP) is -0.181. The smallest absolute Gasteiger partial charge is 0.137 e. The molecule has 1 aromatic heterocycles. The Kier molecular flexibility index (Phi) is 5.17. The zero-order valence-electron chi connectivity index (χ0n) is 8.98. The number of hydrogen-bond donors (Lipinski definition) is 1. The van der Waals surface area contributed by atoms with Crippen molar-refractivity contribution >= 4 is 0 Å². The van der Waals surface area contributed by atoms with E-state index in [4.69, 9.17) is 0 Å². The van der Waals surface area contributed by atoms with Crippen molar-refractivity contribution < 1.29 is 0 Å². The van der Waals surface area contributed by atoms with E-state index in [1.165, 1.54) is 0 Å². The van der Waals surface area contributed by atoms with Gasteiger partial charge in [0.1, 0.15) is 12.7 Å². The summed E-state index contributed by atoms with van der Waals surface area (Å²) < 4.78 is 1.85. The summed E-state index contributed by atoms with van der Waals surface area (Å²) >= 11 is 0. The molecule has 0 aliphatic heterocycles. The number of aromatic nitrogens is 3. The van der Waals surface area contributed by atoms with Crippen molar-refractivity contribution in [2.45, 2.75) is 13.5 Å². The Bertz CT molecular complexity index is 221.